The Morgan fingerprint density at radius 1 is 1.14 bits per heavy atom. The Morgan fingerprint density at radius 2 is 1.86 bits per heavy atom. The molecule has 0 spiro atoms. The molecule has 0 radical (unpaired) electrons. The molecule has 0 saturated heterocycles. The van der Waals surface area contributed by atoms with Crippen LogP contribution in [0.3, 0.4) is 0 Å². The fraction of sp³-hybridized carbons (Fsp3) is 0.111. The molecule has 1 aromatic heterocycles. The second-order valence-electron chi connectivity index (χ2n) is 2.76. The van der Waals surface area contributed by atoms with E-state index in [0.29, 0.717) is 6.26 Å². The minimum absolute atomic E-state index is 0.252. The zero-order chi connectivity index (χ0) is 10.3. The first kappa shape index (κ1) is 9.05. The fourth-order valence-corrected chi connectivity index (χ4v) is 1.24. The first-order valence-corrected chi connectivity index (χ1v) is 3.73. The third-order valence-corrected chi connectivity index (χ3v) is 1.86. The Kier molecular flexibility index (Phi) is 1.77. The van der Waals surface area contributed by atoms with E-state index in [0.717, 1.165) is 6.07 Å². The summed E-state index contributed by atoms with van der Waals surface area (Å²) in [4.78, 5) is 0. The number of rotatable bonds is 0. The zero-order valence-corrected chi connectivity index (χ0v) is 6.73. The third-order valence-electron chi connectivity index (χ3n) is 1.86. The van der Waals surface area contributed by atoms with Crippen molar-refractivity contribution in [3.05, 3.63) is 35.8 Å². The summed E-state index contributed by atoms with van der Waals surface area (Å²) in [7, 11) is 0. The van der Waals surface area contributed by atoms with Gasteiger partial charge in [-0.15, -0.1) is 0 Å². The van der Waals surface area contributed by atoms with Crippen molar-refractivity contribution in [2.75, 3.05) is 0 Å². The number of hydrogen-bond acceptors (Lipinski definition) is 1. The van der Waals surface area contributed by atoms with Crippen LogP contribution < -0.4 is 0 Å². The van der Waals surface area contributed by atoms with Gasteiger partial charge in [-0.25, -0.2) is 4.39 Å². The predicted molar refractivity (Wildman–Crippen MR) is 41.2 cm³/mol. The van der Waals surface area contributed by atoms with Crippen LogP contribution in [0, 0.1) is 5.82 Å². The first-order chi connectivity index (χ1) is 6.50. The fourth-order valence-electron chi connectivity index (χ4n) is 1.24. The summed E-state index contributed by atoms with van der Waals surface area (Å²) in [6.07, 6.45) is -3.99. The predicted octanol–water partition coefficient (Wildman–Crippen LogP) is 3.59. The molecule has 0 fully saturated rings. The van der Waals surface area contributed by atoms with Gasteiger partial charge in [-0.05, 0) is 6.07 Å². The minimum atomic E-state index is -4.51. The largest absolute Gasteiger partial charge is 0.461 e. The summed E-state index contributed by atoms with van der Waals surface area (Å²) < 4.78 is 54.3. The maximum absolute atomic E-state index is 12.9. The van der Waals surface area contributed by atoms with E-state index in [1.165, 1.54) is 12.1 Å². The molecule has 0 aliphatic carbocycles. The van der Waals surface area contributed by atoms with Crippen LogP contribution in [0.1, 0.15) is 5.56 Å². The summed E-state index contributed by atoms with van der Waals surface area (Å²) in [6, 6.07) is 3.43. The number of furan rings is 1. The highest BCUT2D eigenvalue weighted by Crippen LogP contribution is 2.36. The van der Waals surface area contributed by atoms with Crippen molar-refractivity contribution in [3.63, 3.8) is 0 Å². The second kappa shape index (κ2) is 2.73. The zero-order valence-electron chi connectivity index (χ0n) is 6.73. The quantitative estimate of drug-likeness (QED) is 0.597. The summed E-state index contributed by atoms with van der Waals surface area (Å²) >= 11 is 0. The molecular formula is C9H4F4O. The van der Waals surface area contributed by atoms with Crippen molar-refractivity contribution in [1.82, 2.24) is 0 Å². The van der Waals surface area contributed by atoms with E-state index in [9.17, 15) is 17.6 Å². The van der Waals surface area contributed by atoms with Crippen molar-refractivity contribution < 1.29 is 22.0 Å². The maximum Gasteiger partial charge on any atom is 0.420 e. The van der Waals surface area contributed by atoms with Gasteiger partial charge in [0.25, 0.3) is 0 Å². The van der Waals surface area contributed by atoms with Gasteiger partial charge in [0.2, 0.25) is 0 Å². The van der Waals surface area contributed by atoms with Crippen LogP contribution in [0.25, 0.3) is 11.0 Å². The highest BCUT2D eigenvalue weighted by Gasteiger charge is 2.34. The number of benzene rings is 1. The van der Waals surface area contributed by atoms with E-state index < -0.39 is 17.6 Å². The molecule has 0 aliphatic rings. The van der Waals surface area contributed by atoms with Crippen LogP contribution in [0.5, 0.6) is 0 Å². The Balaban J connectivity index is 2.76. The summed E-state index contributed by atoms with van der Waals surface area (Å²) in [5.74, 6) is -0.794. The molecule has 0 aliphatic heterocycles. The molecule has 2 aromatic rings. The maximum atomic E-state index is 12.9. The highest BCUT2D eigenvalue weighted by molar-refractivity contribution is 5.81. The van der Waals surface area contributed by atoms with Crippen LogP contribution in [0.2, 0.25) is 0 Å². The Hall–Kier alpha value is -1.52. The molecule has 14 heavy (non-hydrogen) atoms. The molecule has 0 amide bonds. The summed E-state index contributed by atoms with van der Waals surface area (Å²) in [5, 5.41) is -0.252. The van der Waals surface area contributed by atoms with E-state index in [1.54, 1.807) is 0 Å². The van der Waals surface area contributed by atoms with Crippen molar-refractivity contribution in [1.29, 1.82) is 0 Å². The topological polar surface area (TPSA) is 13.1 Å². The van der Waals surface area contributed by atoms with E-state index in [-0.39, 0.29) is 11.0 Å². The number of fused-ring (bicyclic) bond motifs is 1. The molecule has 2 rings (SSSR count). The van der Waals surface area contributed by atoms with Gasteiger partial charge >= 0.3 is 6.18 Å². The molecule has 1 heterocycles. The van der Waals surface area contributed by atoms with Gasteiger partial charge in [0, 0.05) is 5.39 Å². The smallest absolute Gasteiger partial charge is 0.420 e. The molecular weight excluding hydrogens is 200 g/mol. The Morgan fingerprint density at radius 3 is 2.50 bits per heavy atom. The highest BCUT2D eigenvalue weighted by atomic mass is 19.4. The van der Waals surface area contributed by atoms with Gasteiger partial charge in [-0.3, -0.25) is 0 Å². The number of alkyl halides is 3. The van der Waals surface area contributed by atoms with Gasteiger partial charge in [0.1, 0.15) is 11.8 Å². The van der Waals surface area contributed by atoms with Crippen LogP contribution in [-0.4, -0.2) is 0 Å². The van der Waals surface area contributed by atoms with E-state index >= 15 is 0 Å². The standard InChI is InChI=1S/C9H4F4O/c10-7-3-1-2-5-6(9(11,12)13)4-14-8(5)7/h1-4H. The number of para-hydroxylation sites is 1. The molecule has 74 valence electrons. The second-order valence-corrected chi connectivity index (χ2v) is 2.76. The van der Waals surface area contributed by atoms with E-state index in [4.69, 9.17) is 0 Å². The normalized spacial score (nSPS) is 12.3. The number of hydrogen-bond donors (Lipinski definition) is 0. The van der Waals surface area contributed by atoms with Gasteiger partial charge in [0.05, 0.1) is 0 Å². The minimum Gasteiger partial charge on any atom is -0.461 e. The lowest BCUT2D eigenvalue weighted by atomic mass is 10.2. The lowest BCUT2D eigenvalue weighted by molar-refractivity contribution is -0.136. The van der Waals surface area contributed by atoms with Crippen LogP contribution in [-0.2, 0) is 6.18 Å². The lowest BCUT2D eigenvalue weighted by Gasteiger charge is -2.02. The lowest BCUT2D eigenvalue weighted by Crippen LogP contribution is -2.03. The van der Waals surface area contributed by atoms with Crippen LogP contribution in [0.15, 0.2) is 28.9 Å². The van der Waals surface area contributed by atoms with Gasteiger partial charge < -0.3 is 4.42 Å². The molecule has 0 bridgehead atoms. The number of halogens is 4. The van der Waals surface area contributed by atoms with Gasteiger partial charge in [-0.1, -0.05) is 12.1 Å². The molecule has 1 aromatic carbocycles. The average Bonchev–Trinajstić information content (AvgIpc) is 2.47. The van der Waals surface area contributed by atoms with Crippen molar-refractivity contribution >= 4 is 11.0 Å². The van der Waals surface area contributed by atoms with E-state index in [1.807, 2.05) is 0 Å². The third kappa shape index (κ3) is 1.25. The first-order valence-electron chi connectivity index (χ1n) is 3.73. The van der Waals surface area contributed by atoms with Gasteiger partial charge in [0.15, 0.2) is 11.4 Å². The summed E-state index contributed by atoms with van der Waals surface area (Å²) in [6.45, 7) is 0. The Bertz CT molecular complexity index is 469. The molecule has 0 N–H and O–H groups in total. The SMILES string of the molecule is Fc1cccc2c(C(F)(F)F)coc12. The molecule has 0 saturated carbocycles. The monoisotopic (exact) mass is 204 g/mol. The van der Waals surface area contributed by atoms with Crippen LogP contribution >= 0.6 is 0 Å². The molecule has 1 nitrogen and oxygen atoms in total. The molecule has 5 heteroatoms. The molecule has 0 unspecified atom stereocenters. The van der Waals surface area contributed by atoms with Crippen molar-refractivity contribution in [2.45, 2.75) is 6.18 Å². The summed E-state index contributed by atoms with van der Waals surface area (Å²) in [5.41, 5.74) is -1.31. The Labute approximate surface area is 75.9 Å². The van der Waals surface area contributed by atoms with Gasteiger partial charge in [-0.2, -0.15) is 13.2 Å². The van der Waals surface area contributed by atoms with E-state index in [2.05, 4.69) is 4.42 Å². The molecule has 0 atom stereocenters. The van der Waals surface area contributed by atoms with Crippen molar-refractivity contribution in [2.24, 2.45) is 0 Å². The average molecular weight is 204 g/mol. The van der Waals surface area contributed by atoms with Crippen LogP contribution in [0.4, 0.5) is 17.6 Å². The van der Waals surface area contributed by atoms with Crippen molar-refractivity contribution in [3.8, 4) is 0 Å².